The summed E-state index contributed by atoms with van der Waals surface area (Å²) >= 11 is 0. The molecule has 1 fully saturated rings. The molecule has 0 saturated carbocycles. The molecule has 1 heterocycles. The van der Waals surface area contributed by atoms with Gasteiger partial charge in [0, 0.05) is 31.4 Å². The van der Waals surface area contributed by atoms with E-state index in [1.165, 1.54) is 5.69 Å². The molecule has 0 radical (unpaired) electrons. The Labute approximate surface area is 103 Å². The lowest BCUT2D eigenvalue weighted by Gasteiger charge is -2.40. The maximum Gasteiger partial charge on any atom is 0.0994 e. The van der Waals surface area contributed by atoms with E-state index in [2.05, 4.69) is 42.0 Å². The summed E-state index contributed by atoms with van der Waals surface area (Å²) in [6.45, 7) is 7.51. The molecule has 1 aromatic rings. The lowest BCUT2D eigenvalue weighted by molar-refractivity contribution is 0.275. The fourth-order valence-electron chi connectivity index (χ4n) is 2.48. The van der Waals surface area contributed by atoms with Gasteiger partial charge < -0.3 is 9.80 Å². The van der Waals surface area contributed by atoms with E-state index in [4.69, 9.17) is 5.26 Å². The van der Waals surface area contributed by atoms with Gasteiger partial charge in [0.2, 0.25) is 0 Å². The van der Waals surface area contributed by atoms with Gasteiger partial charge in [0.15, 0.2) is 0 Å². The first kappa shape index (κ1) is 11.9. The molecule has 0 bridgehead atoms. The molecule has 0 amide bonds. The number of nitriles is 1. The van der Waals surface area contributed by atoms with Crippen LogP contribution in [-0.4, -0.2) is 37.6 Å². The Hall–Kier alpha value is -1.53. The van der Waals surface area contributed by atoms with Crippen LogP contribution in [0.2, 0.25) is 0 Å². The molecule has 90 valence electrons. The van der Waals surface area contributed by atoms with E-state index >= 15 is 0 Å². The average molecular weight is 229 g/mol. The van der Waals surface area contributed by atoms with Crippen molar-refractivity contribution in [2.24, 2.45) is 0 Å². The van der Waals surface area contributed by atoms with Crippen LogP contribution in [0.25, 0.3) is 0 Å². The average Bonchev–Trinajstić information content (AvgIpc) is 2.29. The largest absolute Gasteiger partial charge is 0.366 e. The third kappa shape index (κ3) is 2.42. The van der Waals surface area contributed by atoms with E-state index in [0.29, 0.717) is 6.04 Å². The first-order valence-corrected chi connectivity index (χ1v) is 6.07. The van der Waals surface area contributed by atoms with E-state index in [1.54, 1.807) is 0 Å². The minimum atomic E-state index is 0.529. The normalized spacial score (nSPS) is 21.3. The molecular weight excluding hydrogens is 210 g/mol. The predicted octanol–water partition coefficient (Wildman–Crippen LogP) is 2.01. The quantitative estimate of drug-likeness (QED) is 0.738. The summed E-state index contributed by atoms with van der Waals surface area (Å²) in [7, 11) is 2.16. The summed E-state index contributed by atoms with van der Waals surface area (Å²) in [5, 5.41) is 8.94. The molecule has 1 aromatic carbocycles. The standard InChI is InChI=1S/C14H19N3/c1-11-8-14(5-4-13(11)9-15)17-7-6-16(3)10-12(17)2/h4-5,8,12H,6-7,10H2,1-3H3. The molecule has 1 unspecified atom stereocenters. The van der Waals surface area contributed by atoms with Crippen molar-refractivity contribution < 1.29 is 0 Å². The highest BCUT2D eigenvalue weighted by Gasteiger charge is 2.21. The third-order valence-electron chi connectivity index (χ3n) is 3.49. The summed E-state index contributed by atoms with van der Waals surface area (Å²) in [5.41, 5.74) is 3.08. The molecule has 3 nitrogen and oxygen atoms in total. The van der Waals surface area contributed by atoms with E-state index < -0.39 is 0 Å². The van der Waals surface area contributed by atoms with Crippen molar-refractivity contribution in [3.63, 3.8) is 0 Å². The monoisotopic (exact) mass is 229 g/mol. The minimum Gasteiger partial charge on any atom is -0.366 e. The lowest BCUT2D eigenvalue weighted by atomic mass is 10.1. The zero-order chi connectivity index (χ0) is 12.4. The molecule has 1 aliphatic heterocycles. The third-order valence-corrected chi connectivity index (χ3v) is 3.49. The highest BCUT2D eigenvalue weighted by Crippen LogP contribution is 2.22. The van der Waals surface area contributed by atoms with Gasteiger partial charge in [-0.15, -0.1) is 0 Å². The van der Waals surface area contributed by atoms with Crippen molar-refractivity contribution in [3.8, 4) is 6.07 Å². The number of rotatable bonds is 1. The molecule has 2 rings (SSSR count). The zero-order valence-corrected chi connectivity index (χ0v) is 10.8. The smallest absolute Gasteiger partial charge is 0.0994 e. The fraction of sp³-hybridized carbons (Fsp3) is 0.500. The van der Waals surface area contributed by atoms with Crippen LogP contribution in [-0.2, 0) is 0 Å². The Morgan fingerprint density at radius 3 is 2.71 bits per heavy atom. The summed E-state index contributed by atoms with van der Waals surface area (Å²) in [6, 6.07) is 8.86. The summed E-state index contributed by atoms with van der Waals surface area (Å²) in [4.78, 5) is 4.78. The highest BCUT2D eigenvalue weighted by atomic mass is 15.3. The van der Waals surface area contributed by atoms with E-state index in [9.17, 15) is 0 Å². The van der Waals surface area contributed by atoms with Gasteiger partial charge in [-0.25, -0.2) is 0 Å². The van der Waals surface area contributed by atoms with E-state index in [1.807, 2.05) is 13.0 Å². The molecule has 3 heteroatoms. The maximum absolute atomic E-state index is 8.94. The number of benzene rings is 1. The van der Waals surface area contributed by atoms with Crippen molar-refractivity contribution in [2.45, 2.75) is 19.9 Å². The van der Waals surface area contributed by atoms with Crippen LogP contribution in [0.3, 0.4) is 0 Å². The van der Waals surface area contributed by atoms with Crippen molar-refractivity contribution in [1.82, 2.24) is 4.90 Å². The van der Waals surface area contributed by atoms with Gasteiger partial charge in [-0.1, -0.05) is 0 Å². The van der Waals surface area contributed by atoms with Crippen LogP contribution < -0.4 is 4.90 Å². The SMILES string of the molecule is Cc1cc(N2CCN(C)CC2C)ccc1C#N. The highest BCUT2D eigenvalue weighted by molar-refractivity contribution is 5.54. The first-order chi connectivity index (χ1) is 8.11. The number of likely N-dealkylation sites (N-methyl/N-ethyl adjacent to an activating group) is 1. The number of nitrogens with zero attached hydrogens (tertiary/aromatic N) is 3. The summed E-state index contributed by atoms with van der Waals surface area (Å²) in [5.74, 6) is 0. The Morgan fingerprint density at radius 2 is 2.12 bits per heavy atom. The fourth-order valence-corrected chi connectivity index (χ4v) is 2.48. The van der Waals surface area contributed by atoms with Crippen molar-refractivity contribution in [3.05, 3.63) is 29.3 Å². The number of hydrogen-bond acceptors (Lipinski definition) is 3. The van der Waals surface area contributed by atoms with Crippen molar-refractivity contribution in [1.29, 1.82) is 5.26 Å². The van der Waals surface area contributed by atoms with Gasteiger partial charge in [0.1, 0.15) is 0 Å². The Bertz CT molecular complexity index is 447. The maximum atomic E-state index is 8.94. The van der Waals surface area contributed by atoms with E-state index in [0.717, 1.165) is 30.8 Å². The summed E-state index contributed by atoms with van der Waals surface area (Å²) < 4.78 is 0. The topological polar surface area (TPSA) is 30.3 Å². The number of aryl methyl sites for hydroxylation is 1. The molecule has 1 aliphatic rings. The van der Waals surface area contributed by atoms with Crippen LogP contribution in [0.1, 0.15) is 18.1 Å². The van der Waals surface area contributed by atoms with Gasteiger partial charge in [0.25, 0.3) is 0 Å². The molecular formula is C14H19N3. The van der Waals surface area contributed by atoms with Crippen LogP contribution in [0, 0.1) is 18.3 Å². The van der Waals surface area contributed by atoms with E-state index in [-0.39, 0.29) is 0 Å². The molecule has 0 aromatic heterocycles. The van der Waals surface area contributed by atoms with Gasteiger partial charge in [-0.05, 0) is 44.7 Å². The molecule has 17 heavy (non-hydrogen) atoms. The van der Waals surface area contributed by atoms with Crippen LogP contribution in [0.15, 0.2) is 18.2 Å². The lowest BCUT2D eigenvalue weighted by Crippen LogP contribution is -2.50. The second-order valence-corrected chi connectivity index (χ2v) is 4.92. The first-order valence-electron chi connectivity index (χ1n) is 6.07. The predicted molar refractivity (Wildman–Crippen MR) is 70.2 cm³/mol. The van der Waals surface area contributed by atoms with Crippen LogP contribution >= 0.6 is 0 Å². The number of anilines is 1. The molecule has 0 aliphatic carbocycles. The molecule has 1 atom stereocenters. The molecule has 1 saturated heterocycles. The number of hydrogen-bond donors (Lipinski definition) is 0. The van der Waals surface area contributed by atoms with Crippen LogP contribution in [0.5, 0.6) is 0 Å². The molecule has 0 spiro atoms. The van der Waals surface area contributed by atoms with Gasteiger partial charge >= 0.3 is 0 Å². The van der Waals surface area contributed by atoms with Gasteiger partial charge in [-0.2, -0.15) is 5.26 Å². The van der Waals surface area contributed by atoms with Crippen LogP contribution in [0.4, 0.5) is 5.69 Å². The van der Waals surface area contributed by atoms with Crippen molar-refractivity contribution in [2.75, 3.05) is 31.6 Å². The number of piperazine rings is 1. The Morgan fingerprint density at radius 1 is 1.35 bits per heavy atom. The molecule has 0 N–H and O–H groups in total. The second-order valence-electron chi connectivity index (χ2n) is 4.92. The van der Waals surface area contributed by atoms with Crippen molar-refractivity contribution >= 4 is 5.69 Å². The zero-order valence-electron chi connectivity index (χ0n) is 10.8. The Kier molecular flexibility index (Phi) is 3.35. The Balaban J connectivity index is 2.23. The summed E-state index contributed by atoms with van der Waals surface area (Å²) in [6.07, 6.45) is 0. The minimum absolute atomic E-state index is 0.529. The second kappa shape index (κ2) is 4.77. The van der Waals surface area contributed by atoms with Gasteiger partial charge in [-0.3, -0.25) is 0 Å². The van der Waals surface area contributed by atoms with Gasteiger partial charge in [0.05, 0.1) is 11.6 Å².